The van der Waals surface area contributed by atoms with Crippen LogP contribution in [0, 0.1) is 5.95 Å². The van der Waals surface area contributed by atoms with Crippen molar-refractivity contribution in [3.05, 3.63) is 97.2 Å². The van der Waals surface area contributed by atoms with Crippen molar-refractivity contribution in [2.24, 2.45) is 0 Å². The maximum Gasteiger partial charge on any atom is 0.282 e. The number of hydrogen-bond acceptors (Lipinski definition) is 6. The molecule has 1 aliphatic carbocycles. The summed E-state index contributed by atoms with van der Waals surface area (Å²) in [7, 11) is 4.10. The maximum absolute atomic E-state index is 12.8. The van der Waals surface area contributed by atoms with Gasteiger partial charge < -0.3 is 10.2 Å². The van der Waals surface area contributed by atoms with Crippen molar-refractivity contribution in [3.8, 4) is 0 Å². The molecule has 0 amide bonds. The van der Waals surface area contributed by atoms with Gasteiger partial charge in [-0.05, 0) is 63.9 Å². The first-order valence-electron chi connectivity index (χ1n) is 14.0. The smallest absolute Gasteiger partial charge is 0.282 e. The Morgan fingerprint density at radius 1 is 1.07 bits per heavy atom. The van der Waals surface area contributed by atoms with Crippen molar-refractivity contribution in [2.75, 3.05) is 38.6 Å². The van der Waals surface area contributed by atoms with Crippen LogP contribution in [-0.4, -0.2) is 70.6 Å². The Balaban J connectivity index is 0.000000154. The summed E-state index contributed by atoms with van der Waals surface area (Å²) in [6.45, 7) is 9.45. The molecule has 1 saturated carbocycles. The lowest BCUT2D eigenvalue weighted by Gasteiger charge is -2.38. The Morgan fingerprint density at radius 3 is 2.32 bits per heavy atom. The van der Waals surface area contributed by atoms with E-state index in [1.165, 1.54) is 47.0 Å². The van der Waals surface area contributed by atoms with Gasteiger partial charge in [-0.1, -0.05) is 48.6 Å². The van der Waals surface area contributed by atoms with Gasteiger partial charge in [0.05, 0.1) is 25.8 Å². The molecule has 222 valence electrons. The highest BCUT2D eigenvalue weighted by Gasteiger charge is 2.44. The Bertz CT molecular complexity index is 1190. The van der Waals surface area contributed by atoms with Gasteiger partial charge in [0, 0.05) is 24.3 Å². The molecule has 2 aliphatic heterocycles. The molecule has 3 fully saturated rings. The summed E-state index contributed by atoms with van der Waals surface area (Å²) < 4.78 is 37.8. The predicted molar refractivity (Wildman–Crippen MR) is 159 cm³/mol. The monoisotopic (exact) mass is 569 g/mol. The zero-order chi connectivity index (χ0) is 29.7. The van der Waals surface area contributed by atoms with E-state index in [1.807, 2.05) is 37.4 Å². The molecule has 2 aromatic heterocycles. The maximum atomic E-state index is 12.8. The summed E-state index contributed by atoms with van der Waals surface area (Å²) in [5, 5.41) is 11.0. The van der Waals surface area contributed by atoms with Crippen molar-refractivity contribution >= 4 is 5.82 Å². The van der Waals surface area contributed by atoms with Gasteiger partial charge in [0.2, 0.25) is 5.95 Å². The zero-order valence-electron chi connectivity index (χ0n) is 24.1. The van der Waals surface area contributed by atoms with E-state index in [-0.39, 0.29) is 19.0 Å². The van der Waals surface area contributed by atoms with Crippen molar-refractivity contribution in [3.63, 3.8) is 0 Å². The van der Waals surface area contributed by atoms with Gasteiger partial charge in [0.25, 0.3) is 5.92 Å². The topological polar surface area (TPSA) is 62.1 Å². The van der Waals surface area contributed by atoms with Gasteiger partial charge >= 0.3 is 0 Å². The van der Waals surface area contributed by atoms with E-state index in [4.69, 9.17) is 0 Å². The van der Waals surface area contributed by atoms with E-state index in [1.54, 1.807) is 12.1 Å². The third-order valence-electron chi connectivity index (χ3n) is 6.86. The molecule has 1 unspecified atom stereocenters. The zero-order valence-corrected chi connectivity index (χ0v) is 24.1. The number of pyridine rings is 1. The summed E-state index contributed by atoms with van der Waals surface area (Å²) in [5.74, 6) is -1.89. The van der Waals surface area contributed by atoms with E-state index in [0.717, 1.165) is 24.9 Å². The van der Waals surface area contributed by atoms with Gasteiger partial charge in [0.1, 0.15) is 0 Å². The average molecular weight is 570 g/mol. The summed E-state index contributed by atoms with van der Waals surface area (Å²) in [5.41, 5.74) is 2.13. The number of nitrogens with one attached hydrogen (secondary N) is 1. The van der Waals surface area contributed by atoms with Gasteiger partial charge in [-0.25, -0.2) is 13.8 Å². The minimum atomic E-state index is -2.57. The SMILES string of the molecule is C=CC1CCCN1C.C=CCn1ncc(N2CC(F)(F)C2)n1.CNCc1ccccc1.Fc1ncccc1C1CC1. The quantitative estimate of drug-likeness (QED) is 0.291. The Morgan fingerprint density at radius 2 is 1.80 bits per heavy atom. The first-order valence-corrected chi connectivity index (χ1v) is 14.0. The van der Waals surface area contributed by atoms with E-state index >= 15 is 0 Å². The molecule has 3 aliphatic rings. The fraction of sp³-hybridized carbons (Fsp3) is 0.452. The molecule has 0 bridgehead atoms. The Kier molecular flexibility index (Phi) is 12.6. The fourth-order valence-corrected chi connectivity index (χ4v) is 4.44. The van der Waals surface area contributed by atoms with Crippen molar-refractivity contribution in [1.82, 2.24) is 30.2 Å². The molecule has 1 N–H and O–H groups in total. The van der Waals surface area contributed by atoms with Crippen LogP contribution in [0.5, 0.6) is 0 Å². The van der Waals surface area contributed by atoms with Crippen molar-refractivity contribution < 1.29 is 13.2 Å². The second-order valence-electron chi connectivity index (χ2n) is 10.4. The van der Waals surface area contributed by atoms with E-state index in [2.05, 4.69) is 57.7 Å². The van der Waals surface area contributed by atoms with Crippen LogP contribution in [0.4, 0.5) is 19.0 Å². The molecule has 4 heterocycles. The second kappa shape index (κ2) is 16.1. The molecular formula is C31H42F3N7. The number of likely N-dealkylation sites (N-methyl/N-ethyl adjacent to an activating group) is 1. The van der Waals surface area contributed by atoms with Gasteiger partial charge in [-0.15, -0.1) is 18.3 Å². The third kappa shape index (κ3) is 10.8. The van der Waals surface area contributed by atoms with Crippen LogP contribution in [0.3, 0.4) is 0 Å². The van der Waals surface area contributed by atoms with Gasteiger partial charge in [0.15, 0.2) is 5.82 Å². The molecule has 0 radical (unpaired) electrons. The van der Waals surface area contributed by atoms with Gasteiger partial charge in [-0.2, -0.15) is 14.3 Å². The lowest BCUT2D eigenvalue weighted by molar-refractivity contribution is -0.0267. The third-order valence-corrected chi connectivity index (χ3v) is 6.86. The Labute approximate surface area is 241 Å². The summed E-state index contributed by atoms with van der Waals surface area (Å²) in [6.07, 6.45) is 11.6. The number of rotatable bonds is 7. The number of alkyl halides is 2. The fourth-order valence-electron chi connectivity index (χ4n) is 4.44. The molecule has 6 rings (SSSR count). The van der Waals surface area contributed by atoms with E-state index in [0.29, 0.717) is 24.3 Å². The average Bonchev–Trinajstić information content (AvgIpc) is 3.54. The number of allylic oxidation sites excluding steroid dienone is 1. The molecule has 3 aromatic rings. The summed E-state index contributed by atoms with van der Waals surface area (Å²) in [6, 6.07) is 14.6. The highest BCUT2D eigenvalue weighted by molar-refractivity contribution is 5.39. The molecule has 10 heteroatoms. The first kappa shape index (κ1) is 32.0. The second-order valence-corrected chi connectivity index (χ2v) is 10.4. The van der Waals surface area contributed by atoms with Crippen LogP contribution in [0.2, 0.25) is 0 Å². The Hall–Kier alpha value is -3.50. The van der Waals surface area contributed by atoms with Crippen LogP contribution in [0.25, 0.3) is 0 Å². The minimum Gasteiger partial charge on any atom is -0.342 e. The molecule has 0 spiro atoms. The number of halogens is 3. The summed E-state index contributed by atoms with van der Waals surface area (Å²) >= 11 is 0. The standard InChI is InChI=1S/C8H10F2N4.C8H8FN.C8H11N.C7H13N/c1-2-3-14-11-4-7(12-14)13-5-8(9,10)6-13;9-8-7(6-3-4-6)2-1-5-10-8;1-9-7-8-5-3-2-4-6-8;1-3-7-5-4-6-8(7)2/h2,4H,1,3,5-6H2;1-2,5-6H,3-4H2;2-6,9H,7H2,1H3;3,7H,1,4-6H2,2H3. The summed E-state index contributed by atoms with van der Waals surface area (Å²) in [4.78, 5) is 8.82. The highest BCUT2D eigenvalue weighted by Crippen LogP contribution is 2.40. The largest absolute Gasteiger partial charge is 0.342 e. The van der Waals surface area contributed by atoms with Crippen molar-refractivity contribution in [2.45, 2.75) is 56.7 Å². The number of benzene rings is 1. The number of aromatic nitrogens is 4. The molecule has 1 atom stereocenters. The van der Waals surface area contributed by atoms with Crippen LogP contribution in [0.15, 0.2) is 80.2 Å². The number of nitrogens with zero attached hydrogens (tertiary/aromatic N) is 6. The lowest BCUT2D eigenvalue weighted by Crippen LogP contribution is -2.56. The van der Waals surface area contributed by atoms with Crippen LogP contribution >= 0.6 is 0 Å². The number of likely N-dealkylation sites (tertiary alicyclic amines) is 1. The predicted octanol–water partition coefficient (Wildman–Crippen LogP) is 5.69. The van der Waals surface area contributed by atoms with Crippen LogP contribution in [0.1, 0.15) is 42.7 Å². The number of anilines is 1. The van der Waals surface area contributed by atoms with Crippen molar-refractivity contribution in [1.29, 1.82) is 0 Å². The van der Waals surface area contributed by atoms with Crippen LogP contribution in [-0.2, 0) is 13.1 Å². The van der Waals surface area contributed by atoms with E-state index in [9.17, 15) is 13.2 Å². The molecule has 2 saturated heterocycles. The lowest BCUT2D eigenvalue weighted by atomic mass is 10.1. The molecule has 41 heavy (non-hydrogen) atoms. The van der Waals surface area contributed by atoms with Gasteiger partial charge in [-0.3, -0.25) is 4.90 Å². The normalized spacial score (nSPS) is 18.9. The molecule has 1 aromatic carbocycles. The molecule has 7 nitrogen and oxygen atoms in total. The highest BCUT2D eigenvalue weighted by atomic mass is 19.3. The van der Waals surface area contributed by atoms with E-state index < -0.39 is 5.92 Å². The number of hydrogen-bond donors (Lipinski definition) is 1. The first-order chi connectivity index (χ1) is 19.8. The van der Waals surface area contributed by atoms with Crippen LogP contribution < -0.4 is 10.2 Å². The minimum absolute atomic E-state index is 0.264. The molecular weight excluding hydrogens is 527 g/mol.